The molecule has 3 heteroatoms. The van der Waals surface area contributed by atoms with Gasteiger partial charge in [-0.3, -0.25) is 0 Å². The van der Waals surface area contributed by atoms with Crippen molar-refractivity contribution in [2.24, 2.45) is 5.92 Å². The first kappa shape index (κ1) is 34.2. The zero-order chi connectivity index (χ0) is 36.9. The number of halogens is 3. The fraction of sp³-hybridized carbons (Fsp3) is 0.135. The molecule has 3 unspecified atom stereocenters. The Labute approximate surface area is 331 Å². The molecule has 0 aromatic heterocycles. The summed E-state index contributed by atoms with van der Waals surface area (Å²) in [6, 6.07) is 47.9. The van der Waals surface area contributed by atoms with Gasteiger partial charge in [-0.15, -0.1) is 0 Å². The van der Waals surface area contributed by atoms with E-state index in [4.69, 9.17) is 0 Å². The van der Waals surface area contributed by atoms with Crippen LogP contribution in [0.3, 0.4) is 0 Å². The first-order chi connectivity index (χ1) is 27.1. The number of benzene rings is 7. The first-order valence-corrected chi connectivity index (χ1v) is 21.5. The zero-order valence-electron chi connectivity index (χ0n) is 30.2. The maximum atomic E-state index is 15.5. The van der Waals surface area contributed by atoms with Crippen LogP contribution < -0.4 is 21.2 Å². The third-order valence-corrected chi connectivity index (χ3v) is 15.2. The maximum absolute atomic E-state index is 15.5. The van der Waals surface area contributed by atoms with Gasteiger partial charge in [0.05, 0.1) is 0 Å². The summed E-state index contributed by atoms with van der Waals surface area (Å²) in [7, 11) is 0. The molecule has 10 rings (SSSR count). The SMILES string of the molecule is Fc1ccc(C([I-]c2cc3c4ccccc4c(C(C4=CC[C@@H](F)C5C=CC=C=C45)c4ccccc4)cc3c3ccccc23)c2ccccc2)c2c1C=CCC2. The van der Waals surface area contributed by atoms with Gasteiger partial charge in [0.1, 0.15) is 0 Å². The molecule has 3 aliphatic carbocycles. The number of rotatable bonds is 7. The molecule has 0 aliphatic heterocycles. The summed E-state index contributed by atoms with van der Waals surface area (Å²) in [6.07, 6.45) is 13.3. The second-order valence-electron chi connectivity index (χ2n) is 14.8. The van der Waals surface area contributed by atoms with Crippen molar-refractivity contribution >= 4 is 38.4 Å². The molecular formula is C52H38F2I-. The van der Waals surface area contributed by atoms with E-state index in [0.717, 1.165) is 35.1 Å². The van der Waals surface area contributed by atoms with Crippen LogP contribution in [0, 0.1) is 15.3 Å². The summed E-state index contributed by atoms with van der Waals surface area (Å²) in [5.74, 6) is -0.529. The number of hydrogen-bond acceptors (Lipinski definition) is 0. The molecule has 0 amide bonds. The van der Waals surface area contributed by atoms with E-state index in [9.17, 15) is 0 Å². The quantitative estimate of drug-likeness (QED) is 0.0650. The molecule has 0 saturated heterocycles. The molecule has 0 N–H and O–H groups in total. The minimum absolute atomic E-state index is 0.0973. The molecule has 4 atom stereocenters. The minimum atomic E-state index is -0.955. The van der Waals surface area contributed by atoms with E-state index in [2.05, 4.69) is 145 Å². The molecule has 3 aliphatic rings. The number of hydrogen-bond donors (Lipinski definition) is 0. The van der Waals surface area contributed by atoms with Crippen LogP contribution in [0.25, 0.3) is 38.4 Å². The average Bonchev–Trinajstić information content (AvgIpc) is 3.25. The summed E-state index contributed by atoms with van der Waals surface area (Å²) in [6.45, 7) is 0. The number of allylic oxidation sites excluding steroid dienone is 6. The molecule has 268 valence electrons. The third kappa shape index (κ3) is 6.02. The first-order valence-electron chi connectivity index (χ1n) is 19.2. The normalized spacial score (nSPS) is 18.6. The van der Waals surface area contributed by atoms with Gasteiger partial charge >= 0.3 is 333 Å². The van der Waals surface area contributed by atoms with Crippen LogP contribution in [-0.2, 0) is 6.42 Å². The van der Waals surface area contributed by atoms with Gasteiger partial charge in [0.15, 0.2) is 0 Å². The monoisotopic (exact) mass is 827 g/mol. The van der Waals surface area contributed by atoms with Gasteiger partial charge in [0.25, 0.3) is 0 Å². The standard InChI is InChI=1S/C52H38F2I/c53-48-29-27-43(37-21-9-12-24-40(37)48)51(33-15-3-1-4-16-33)47-31-45-39-23-11-14-26-42(39)50(32-46(45)35-19-7-8-20-36(35)47)55-52(34-17-5-2-6-18-34)44-28-30-49(54)41-25-13-10-22-38(41)44/h1-9,11-20,23-28,30-32,40,48,51-52H,10,22,29H2/q-1/t40?,48-,51?,52?/m1/s1. The second-order valence-corrected chi connectivity index (χ2v) is 17.8. The molecular weight excluding hydrogens is 789 g/mol. The summed E-state index contributed by atoms with van der Waals surface area (Å²) in [4.78, 5) is 0. The van der Waals surface area contributed by atoms with Gasteiger partial charge < -0.3 is 0 Å². The Balaban J connectivity index is 1.21. The zero-order valence-corrected chi connectivity index (χ0v) is 32.4. The van der Waals surface area contributed by atoms with Crippen molar-refractivity contribution in [3.05, 3.63) is 223 Å². The van der Waals surface area contributed by atoms with Crippen LogP contribution in [0.15, 0.2) is 181 Å². The van der Waals surface area contributed by atoms with Crippen molar-refractivity contribution in [2.75, 3.05) is 0 Å². The van der Waals surface area contributed by atoms with E-state index in [-0.39, 0.29) is 21.6 Å². The Hall–Kier alpha value is -5.35. The van der Waals surface area contributed by atoms with E-state index >= 15 is 8.78 Å². The van der Waals surface area contributed by atoms with E-state index in [0.29, 0.717) is 6.42 Å². The van der Waals surface area contributed by atoms with Gasteiger partial charge in [-0.25, -0.2) is 0 Å². The van der Waals surface area contributed by atoms with Gasteiger partial charge in [0.2, 0.25) is 0 Å². The van der Waals surface area contributed by atoms with Gasteiger partial charge in [-0.1, -0.05) is 0 Å². The Morgan fingerprint density at radius 2 is 1.35 bits per heavy atom. The van der Waals surface area contributed by atoms with Crippen LogP contribution in [0.1, 0.15) is 56.1 Å². The molecule has 0 nitrogen and oxygen atoms in total. The van der Waals surface area contributed by atoms with Crippen LogP contribution in [-0.4, -0.2) is 6.17 Å². The number of fused-ring (bicyclic) bond motifs is 7. The Morgan fingerprint density at radius 3 is 2.13 bits per heavy atom. The van der Waals surface area contributed by atoms with E-state index in [1.807, 2.05) is 24.3 Å². The van der Waals surface area contributed by atoms with E-state index in [1.54, 1.807) is 6.07 Å². The molecule has 0 radical (unpaired) electrons. The summed E-state index contributed by atoms with van der Waals surface area (Å²) >= 11 is -0.652. The second kappa shape index (κ2) is 14.4. The molecule has 0 fully saturated rings. The van der Waals surface area contributed by atoms with Gasteiger partial charge in [-0.2, -0.15) is 0 Å². The predicted octanol–water partition coefficient (Wildman–Crippen LogP) is 10.4. The van der Waals surface area contributed by atoms with Crippen molar-refractivity contribution in [1.82, 2.24) is 0 Å². The van der Waals surface area contributed by atoms with Crippen molar-refractivity contribution in [1.29, 1.82) is 0 Å². The summed E-state index contributed by atoms with van der Waals surface area (Å²) < 4.78 is 32.2. The van der Waals surface area contributed by atoms with E-state index in [1.165, 1.54) is 58.1 Å². The van der Waals surface area contributed by atoms with Crippen LogP contribution in [0.4, 0.5) is 8.78 Å². The molecule has 0 spiro atoms. The van der Waals surface area contributed by atoms with Gasteiger partial charge in [0, 0.05) is 0 Å². The Kier molecular flexibility index (Phi) is 8.93. The molecule has 7 aromatic carbocycles. The average molecular weight is 828 g/mol. The number of alkyl halides is 2. The van der Waals surface area contributed by atoms with E-state index < -0.39 is 27.4 Å². The molecule has 55 heavy (non-hydrogen) atoms. The van der Waals surface area contributed by atoms with Crippen LogP contribution in [0.2, 0.25) is 0 Å². The molecule has 0 heterocycles. The summed E-state index contributed by atoms with van der Waals surface area (Å²) in [5.41, 5.74) is 12.4. The van der Waals surface area contributed by atoms with Crippen molar-refractivity contribution in [3.8, 4) is 0 Å². The fourth-order valence-electron chi connectivity index (χ4n) is 9.11. The third-order valence-electron chi connectivity index (χ3n) is 11.6. The topological polar surface area (TPSA) is 0 Å². The van der Waals surface area contributed by atoms with Crippen LogP contribution >= 0.6 is 0 Å². The van der Waals surface area contributed by atoms with Gasteiger partial charge in [-0.05, 0) is 0 Å². The Morgan fingerprint density at radius 1 is 0.673 bits per heavy atom. The molecule has 0 bridgehead atoms. The van der Waals surface area contributed by atoms with Crippen molar-refractivity contribution in [3.63, 3.8) is 0 Å². The summed E-state index contributed by atoms with van der Waals surface area (Å²) in [5, 5.41) is 7.41. The van der Waals surface area contributed by atoms with Crippen molar-refractivity contribution in [2.45, 2.75) is 35.3 Å². The Bertz CT molecular complexity index is 2790. The van der Waals surface area contributed by atoms with Crippen molar-refractivity contribution < 1.29 is 30.0 Å². The molecule has 7 aromatic rings. The molecule has 0 saturated carbocycles. The predicted molar refractivity (Wildman–Crippen MR) is 220 cm³/mol. The van der Waals surface area contributed by atoms with Crippen LogP contribution in [0.5, 0.6) is 0 Å². The fourth-order valence-corrected chi connectivity index (χ4v) is 12.8.